The molecule has 1 heterocycles. The van der Waals surface area contributed by atoms with Crippen LogP contribution in [0.2, 0.25) is 0 Å². The van der Waals surface area contributed by atoms with Crippen LogP contribution in [-0.4, -0.2) is 27.6 Å². The number of nitrogens with zero attached hydrogens (tertiary/aromatic N) is 3. The third-order valence-electron chi connectivity index (χ3n) is 4.27. The minimum atomic E-state index is -0.531. The molecule has 154 valence electrons. The second-order valence-corrected chi connectivity index (χ2v) is 6.43. The Bertz CT molecular complexity index is 1220. The summed E-state index contributed by atoms with van der Waals surface area (Å²) in [6, 6.07) is 22.0. The number of aromatic nitrogens is 2. The summed E-state index contributed by atoms with van der Waals surface area (Å²) in [5, 5.41) is 17.4. The number of carbonyl (C=O) groups excluding carboxylic acids is 1. The molecule has 0 spiro atoms. The molecule has 0 saturated carbocycles. The van der Waals surface area contributed by atoms with Crippen molar-refractivity contribution in [3.63, 3.8) is 0 Å². The molecule has 0 aliphatic rings. The Labute approximate surface area is 176 Å². The van der Waals surface area contributed by atoms with Crippen LogP contribution in [0.15, 0.2) is 83.4 Å². The van der Waals surface area contributed by atoms with E-state index in [1.807, 2.05) is 30.3 Å². The number of amides is 1. The third kappa shape index (κ3) is 4.73. The Morgan fingerprint density at radius 1 is 1.03 bits per heavy atom. The minimum Gasteiger partial charge on any atom is -0.483 e. The maximum atomic E-state index is 12.2. The number of nitrogens with one attached hydrogen (secondary N) is 1. The van der Waals surface area contributed by atoms with Crippen LogP contribution in [0, 0.1) is 10.1 Å². The highest BCUT2D eigenvalue weighted by Crippen LogP contribution is 2.30. The fourth-order valence-electron chi connectivity index (χ4n) is 2.84. The van der Waals surface area contributed by atoms with Gasteiger partial charge in [-0.3, -0.25) is 14.9 Å². The zero-order chi connectivity index (χ0) is 21.6. The number of para-hydroxylation sites is 1. The van der Waals surface area contributed by atoms with Gasteiger partial charge in [-0.2, -0.15) is 4.98 Å². The van der Waals surface area contributed by atoms with Gasteiger partial charge in [-0.1, -0.05) is 53.7 Å². The van der Waals surface area contributed by atoms with Crippen molar-refractivity contribution in [2.75, 3.05) is 11.9 Å². The number of hydrogen-bond donors (Lipinski definition) is 1. The van der Waals surface area contributed by atoms with Crippen LogP contribution in [0.4, 0.5) is 11.4 Å². The van der Waals surface area contributed by atoms with Crippen LogP contribution in [0.25, 0.3) is 22.8 Å². The molecule has 0 radical (unpaired) electrons. The second kappa shape index (κ2) is 8.87. The maximum Gasteiger partial charge on any atom is 0.271 e. The van der Waals surface area contributed by atoms with Gasteiger partial charge in [-0.15, -0.1) is 0 Å². The summed E-state index contributed by atoms with van der Waals surface area (Å²) >= 11 is 0. The fraction of sp³-hybridized carbons (Fsp3) is 0.0455. The van der Waals surface area contributed by atoms with Gasteiger partial charge in [0, 0.05) is 23.4 Å². The molecule has 1 aromatic heterocycles. The molecule has 3 aromatic carbocycles. The van der Waals surface area contributed by atoms with E-state index in [0.29, 0.717) is 22.8 Å². The summed E-state index contributed by atoms with van der Waals surface area (Å²) in [4.78, 5) is 27.0. The topological polar surface area (TPSA) is 120 Å². The molecule has 0 saturated heterocycles. The molecule has 0 atom stereocenters. The summed E-state index contributed by atoms with van der Waals surface area (Å²) in [5.74, 6) is 0.619. The first-order chi connectivity index (χ1) is 15.1. The quantitative estimate of drug-likeness (QED) is 0.352. The van der Waals surface area contributed by atoms with Crippen LogP contribution >= 0.6 is 0 Å². The first-order valence-electron chi connectivity index (χ1n) is 9.26. The van der Waals surface area contributed by atoms with Crippen molar-refractivity contribution in [3.05, 3.63) is 89.0 Å². The summed E-state index contributed by atoms with van der Waals surface area (Å²) in [7, 11) is 0. The van der Waals surface area contributed by atoms with Gasteiger partial charge in [0.15, 0.2) is 6.61 Å². The minimum absolute atomic E-state index is 0.116. The number of non-ortho nitro benzene ring substituents is 1. The predicted molar refractivity (Wildman–Crippen MR) is 112 cm³/mol. The monoisotopic (exact) mass is 416 g/mol. The van der Waals surface area contributed by atoms with Crippen molar-refractivity contribution < 1.29 is 19.0 Å². The SMILES string of the molecule is O=C(COc1ccccc1-c1nc(-c2ccccc2)no1)Nc1cccc([N+](=O)[O-])c1. The number of anilines is 1. The zero-order valence-electron chi connectivity index (χ0n) is 16.1. The summed E-state index contributed by atoms with van der Waals surface area (Å²) in [6.07, 6.45) is 0. The molecule has 0 unspecified atom stereocenters. The van der Waals surface area contributed by atoms with Crippen molar-refractivity contribution in [2.24, 2.45) is 0 Å². The van der Waals surface area contributed by atoms with Crippen LogP contribution in [-0.2, 0) is 4.79 Å². The van der Waals surface area contributed by atoms with Gasteiger partial charge >= 0.3 is 0 Å². The molecule has 4 aromatic rings. The molecule has 1 N–H and O–H groups in total. The largest absolute Gasteiger partial charge is 0.483 e. The lowest BCUT2D eigenvalue weighted by molar-refractivity contribution is -0.384. The van der Waals surface area contributed by atoms with Gasteiger partial charge in [0.2, 0.25) is 5.82 Å². The van der Waals surface area contributed by atoms with E-state index in [0.717, 1.165) is 5.56 Å². The van der Waals surface area contributed by atoms with Crippen molar-refractivity contribution in [2.45, 2.75) is 0 Å². The van der Waals surface area contributed by atoms with Gasteiger partial charge in [0.25, 0.3) is 17.5 Å². The van der Waals surface area contributed by atoms with Crippen molar-refractivity contribution >= 4 is 17.3 Å². The van der Waals surface area contributed by atoms with E-state index in [4.69, 9.17) is 9.26 Å². The normalized spacial score (nSPS) is 10.5. The smallest absolute Gasteiger partial charge is 0.271 e. The highest BCUT2D eigenvalue weighted by molar-refractivity contribution is 5.92. The molecule has 0 fully saturated rings. The average Bonchev–Trinajstić information content (AvgIpc) is 3.29. The van der Waals surface area contributed by atoms with Crippen molar-refractivity contribution in [3.8, 4) is 28.6 Å². The summed E-state index contributed by atoms with van der Waals surface area (Å²) in [6.45, 7) is -0.306. The van der Waals surface area contributed by atoms with E-state index in [1.165, 1.54) is 18.2 Å². The molecule has 4 rings (SSSR count). The number of nitro groups is 1. The Morgan fingerprint density at radius 2 is 1.81 bits per heavy atom. The van der Waals surface area contributed by atoms with Gasteiger partial charge in [-0.05, 0) is 18.2 Å². The average molecular weight is 416 g/mol. The number of nitro benzene ring substituents is 1. The molecule has 0 aliphatic heterocycles. The third-order valence-corrected chi connectivity index (χ3v) is 4.27. The van der Waals surface area contributed by atoms with Crippen molar-refractivity contribution in [1.29, 1.82) is 0 Å². The van der Waals surface area contributed by atoms with E-state index in [9.17, 15) is 14.9 Å². The molecule has 31 heavy (non-hydrogen) atoms. The molecule has 0 aliphatic carbocycles. The molecular formula is C22H16N4O5. The Morgan fingerprint density at radius 3 is 2.61 bits per heavy atom. The van der Waals surface area contributed by atoms with E-state index in [2.05, 4.69) is 15.5 Å². The van der Waals surface area contributed by atoms with Gasteiger partial charge < -0.3 is 14.6 Å². The molecule has 9 nitrogen and oxygen atoms in total. The standard InChI is InChI=1S/C22H16N4O5/c27-20(23-16-9-6-10-17(13-16)26(28)29)14-30-19-12-5-4-11-18(19)22-24-21(25-31-22)15-7-2-1-3-8-15/h1-13H,14H2,(H,23,27). The zero-order valence-corrected chi connectivity index (χ0v) is 16.1. The number of carbonyl (C=O) groups is 1. The first-order valence-corrected chi connectivity index (χ1v) is 9.26. The van der Waals surface area contributed by atoms with Crippen LogP contribution in [0.5, 0.6) is 5.75 Å². The van der Waals surface area contributed by atoms with Crippen LogP contribution < -0.4 is 10.1 Å². The Hall–Kier alpha value is -4.53. The van der Waals surface area contributed by atoms with E-state index in [1.54, 1.807) is 30.3 Å². The highest BCUT2D eigenvalue weighted by Gasteiger charge is 2.16. The van der Waals surface area contributed by atoms with Crippen LogP contribution in [0.3, 0.4) is 0 Å². The lowest BCUT2D eigenvalue weighted by Crippen LogP contribution is -2.20. The van der Waals surface area contributed by atoms with E-state index >= 15 is 0 Å². The second-order valence-electron chi connectivity index (χ2n) is 6.43. The summed E-state index contributed by atoms with van der Waals surface area (Å²) in [5.41, 5.74) is 1.54. The van der Waals surface area contributed by atoms with Gasteiger partial charge in [0.05, 0.1) is 10.5 Å². The molecule has 9 heteroatoms. The molecule has 0 bridgehead atoms. The molecular weight excluding hydrogens is 400 g/mol. The molecule has 1 amide bonds. The number of rotatable bonds is 7. The number of hydrogen-bond acceptors (Lipinski definition) is 7. The number of benzene rings is 3. The van der Waals surface area contributed by atoms with Crippen LogP contribution in [0.1, 0.15) is 0 Å². The lowest BCUT2D eigenvalue weighted by atomic mass is 10.2. The first kappa shape index (κ1) is 19.8. The van der Waals surface area contributed by atoms with E-state index < -0.39 is 10.8 Å². The predicted octanol–water partition coefficient (Wildman–Crippen LogP) is 4.33. The number of ether oxygens (including phenoxy) is 1. The van der Waals surface area contributed by atoms with E-state index in [-0.39, 0.29) is 18.2 Å². The Kier molecular flexibility index (Phi) is 5.66. The highest BCUT2D eigenvalue weighted by atomic mass is 16.6. The fourth-order valence-corrected chi connectivity index (χ4v) is 2.84. The van der Waals surface area contributed by atoms with Gasteiger partial charge in [-0.25, -0.2) is 0 Å². The van der Waals surface area contributed by atoms with Crippen molar-refractivity contribution in [1.82, 2.24) is 10.1 Å². The summed E-state index contributed by atoms with van der Waals surface area (Å²) < 4.78 is 11.0. The Balaban J connectivity index is 1.46. The van der Waals surface area contributed by atoms with Gasteiger partial charge in [0.1, 0.15) is 5.75 Å². The maximum absolute atomic E-state index is 12.2. The lowest BCUT2D eigenvalue weighted by Gasteiger charge is -2.09.